The van der Waals surface area contributed by atoms with Crippen molar-refractivity contribution in [2.24, 2.45) is 0 Å². The quantitative estimate of drug-likeness (QED) is 0.694. The van der Waals surface area contributed by atoms with Gasteiger partial charge in [-0.15, -0.1) is 0 Å². The molecule has 0 saturated heterocycles. The van der Waals surface area contributed by atoms with Crippen LogP contribution in [0.25, 0.3) is 5.57 Å². The van der Waals surface area contributed by atoms with Crippen molar-refractivity contribution >= 4 is 11.5 Å². The maximum absolute atomic E-state index is 13.4. The van der Waals surface area contributed by atoms with E-state index in [1.165, 1.54) is 29.2 Å². The van der Waals surface area contributed by atoms with Gasteiger partial charge in [0.2, 0.25) is 0 Å². The summed E-state index contributed by atoms with van der Waals surface area (Å²) in [4.78, 5) is 14.4. The summed E-state index contributed by atoms with van der Waals surface area (Å²) in [5.74, 6) is -1.63. The Kier molecular flexibility index (Phi) is 4.65. The normalized spacial score (nSPS) is 16.7. The average Bonchev–Trinajstić information content (AvgIpc) is 2.96. The standard InChI is InChI=1S/C23H17F2NO2/c24-18-10-6-15(7-11-18)14-26-21(17-4-2-1-3-5-17)20(22(27)23(26)28)16-8-12-19(25)13-9-16/h1-13,21,27H,14H2/t21-/m1/s1. The minimum atomic E-state index is -0.538. The Balaban J connectivity index is 1.79. The molecule has 0 unspecified atom stereocenters. The number of benzene rings is 3. The zero-order valence-electron chi connectivity index (χ0n) is 14.8. The molecule has 0 bridgehead atoms. The van der Waals surface area contributed by atoms with E-state index < -0.39 is 17.8 Å². The van der Waals surface area contributed by atoms with Crippen LogP contribution < -0.4 is 0 Å². The monoisotopic (exact) mass is 377 g/mol. The van der Waals surface area contributed by atoms with Crippen LogP contribution in [0.2, 0.25) is 0 Å². The van der Waals surface area contributed by atoms with Crippen LogP contribution in [0.5, 0.6) is 0 Å². The molecule has 1 N–H and O–H groups in total. The summed E-state index contributed by atoms with van der Waals surface area (Å²) in [6.07, 6.45) is 0. The van der Waals surface area contributed by atoms with Crippen molar-refractivity contribution in [1.29, 1.82) is 0 Å². The molecule has 0 spiro atoms. The molecule has 1 aliphatic rings. The Morgan fingerprint density at radius 2 is 1.39 bits per heavy atom. The second-order valence-corrected chi connectivity index (χ2v) is 6.64. The summed E-state index contributed by atoms with van der Waals surface area (Å²) in [6.45, 7) is 0.202. The number of hydrogen-bond donors (Lipinski definition) is 1. The zero-order valence-corrected chi connectivity index (χ0v) is 14.8. The van der Waals surface area contributed by atoms with E-state index in [1.54, 1.807) is 24.3 Å². The van der Waals surface area contributed by atoms with Crippen LogP contribution in [0, 0.1) is 11.6 Å². The van der Waals surface area contributed by atoms with Gasteiger partial charge < -0.3 is 10.0 Å². The molecule has 0 fully saturated rings. The molecule has 3 nitrogen and oxygen atoms in total. The third-order valence-electron chi connectivity index (χ3n) is 4.84. The van der Waals surface area contributed by atoms with Crippen molar-refractivity contribution in [3.05, 3.63) is 113 Å². The summed E-state index contributed by atoms with van der Waals surface area (Å²) < 4.78 is 26.6. The minimum Gasteiger partial charge on any atom is -0.503 e. The van der Waals surface area contributed by atoms with Crippen molar-refractivity contribution in [3.63, 3.8) is 0 Å². The first kappa shape index (κ1) is 17.9. The predicted octanol–water partition coefficient (Wildman–Crippen LogP) is 5.02. The lowest BCUT2D eigenvalue weighted by atomic mass is 9.93. The molecular weight excluding hydrogens is 360 g/mol. The molecule has 28 heavy (non-hydrogen) atoms. The number of rotatable bonds is 4. The summed E-state index contributed by atoms with van der Waals surface area (Å²) >= 11 is 0. The first-order chi connectivity index (χ1) is 13.5. The van der Waals surface area contributed by atoms with Gasteiger partial charge in [-0.3, -0.25) is 4.79 Å². The number of halogens is 2. The molecule has 0 radical (unpaired) electrons. The molecule has 1 amide bonds. The van der Waals surface area contributed by atoms with Gasteiger partial charge in [0.1, 0.15) is 11.6 Å². The van der Waals surface area contributed by atoms with Crippen LogP contribution in [0.15, 0.2) is 84.6 Å². The fraction of sp³-hybridized carbons (Fsp3) is 0.0870. The van der Waals surface area contributed by atoms with E-state index in [9.17, 15) is 18.7 Å². The highest BCUT2D eigenvalue weighted by atomic mass is 19.1. The fourth-order valence-corrected chi connectivity index (χ4v) is 3.51. The fourth-order valence-electron chi connectivity index (χ4n) is 3.51. The van der Waals surface area contributed by atoms with Crippen molar-refractivity contribution in [1.82, 2.24) is 4.90 Å². The topological polar surface area (TPSA) is 40.5 Å². The van der Waals surface area contributed by atoms with Crippen molar-refractivity contribution in [2.75, 3.05) is 0 Å². The maximum atomic E-state index is 13.4. The highest BCUT2D eigenvalue weighted by Gasteiger charge is 2.40. The number of aliphatic hydroxyl groups is 1. The molecular formula is C23H17F2NO2. The lowest BCUT2D eigenvalue weighted by molar-refractivity contribution is -0.130. The van der Waals surface area contributed by atoms with E-state index in [1.807, 2.05) is 30.3 Å². The number of nitrogens with zero attached hydrogens (tertiary/aromatic N) is 1. The van der Waals surface area contributed by atoms with Gasteiger partial charge in [-0.2, -0.15) is 0 Å². The largest absolute Gasteiger partial charge is 0.503 e. The smallest absolute Gasteiger partial charge is 0.290 e. The van der Waals surface area contributed by atoms with Crippen LogP contribution in [0.3, 0.4) is 0 Å². The van der Waals surface area contributed by atoms with Crippen LogP contribution in [0.1, 0.15) is 22.7 Å². The summed E-state index contributed by atoms with van der Waals surface area (Å²) in [5.41, 5.74) is 2.56. The second-order valence-electron chi connectivity index (χ2n) is 6.64. The Morgan fingerprint density at radius 1 is 0.821 bits per heavy atom. The minimum absolute atomic E-state index is 0.202. The molecule has 1 atom stereocenters. The third-order valence-corrected chi connectivity index (χ3v) is 4.84. The maximum Gasteiger partial charge on any atom is 0.290 e. The lowest BCUT2D eigenvalue weighted by Gasteiger charge is -2.27. The Morgan fingerprint density at radius 3 is 2.00 bits per heavy atom. The van der Waals surface area contributed by atoms with E-state index in [0.29, 0.717) is 11.1 Å². The van der Waals surface area contributed by atoms with Crippen molar-refractivity contribution in [2.45, 2.75) is 12.6 Å². The van der Waals surface area contributed by atoms with Gasteiger partial charge in [0.15, 0.2) is 5.76 Å². The van der Waals surface area contributed by atoms with Gasteiger partial charge in [-0.05, 0) is 41.0 Å². The van der Waals surface area contributed by atoms with Gasteiger partial charge in [0.25, 0.3) is 5.91 Å². The van der Waals surface area contributed by atoms with Gasteiger partial charge in [-0.1, -0.05) is 54.6 Å². The van der Waals surface area contributed by atoms with E-state index in [4.69, 9.17) is 0 Å². The number of aliphatic hydroxyl groups excluding tert-OH is 1. The SMILES string of the molecule is O=C1C(O)=C(c2ccc(F)cc2)[C@@H](c2ccccc2)N1Cc1ccc(F)cc1. The molecule has 3 aromatic carbocycles. The van der Waals surface area contributed by atoms with Crippen LogP contribution in [0.4, 0.5) is 8.78 Å². The van der Waals surface area contributed by atoms with Crippen molar-refractivity contribution in [3.8, 4) is 0 Å². The molecule has 0 saturated carbocycles. The van der Waals surface area contributed by atoms with Crippen molar-refractivity contribution < 1.29 is 18.7 Å². The van der Waals surface area contributed by atoms with E-state index >= 15 is 0 Å². The molecule has 1 aliphatic heterocycles. The van der Waals surface area contributed by atoms with Gasteiger partial charge in [-0.25, -0.2) is 8.78 Å². The summed E-state index contributed by atoms with van der Waals surface area (Å²) in [6, 6.07) is 20.4. The molecule has 5 heteroatoms. The summed E-state index contributed by atoms with van der Waals surface area (Å²) in [5, 5.41) is 10.6. The number of amides is 1. The van der Waals surface area contributed by atoms with E-state index in [0.717, 1.165) is 11.1 Å². The molecule has 4 rings (SSSR count). The third kappa shape index (κ3) is 3.27. The van der Waals surface area contributed by atoms with E-state index in [2.05, 4.69) is 0 Å². The molecule has 140 valence electrons. The van der Waals surface area contributed by atoms with Crippen LogP contribution >= 0.6 is 0 Å². The van der Waals surface area contributed by atoms with Gasteiger partial charge in [0.05, 0.1) is 6.04 Å². The Hall–Kier alpha value is -3.47. The summed E-state index contributed by atoms with van der Waals surface area (Å²) in [7, 11) is 0. The molecule has 1 heterocycles. The Bertz CT molecular complexity index is 1030. The van der Waals surface area contributed by atoms with E-state index in [-0.39, 0.29) is 18.1 Å². The predicted molar refractivity (Wildman–Crippen MR) is 102 cm³/mol. The molecule has 0 aliphatic carbocycles. The first-order valence-electron chi connectivity index (χ1n) is 8.84. The van der Waals surface area contributed by atoms with Crippen LogP contribution in [-0.4, -0.2) is 15.9 Å². The molecule has 3 aromatic rings. The Labute approximate surface area is 161 Å². The zero-order chi connectivity index (χ0) is 19.7. The first-order valence-corrected chi connectivity index (χ1v) is 8.84. The highest BCUT2D eigenvalue weighted by molar-refractivity contribution is 6.05. The second kappa shape index (κ2) is 7.27. The molecule has 0 aromatic heterocycles. The number of hydrogen-bond acceptors (Lipinski definition) is 2. The van der Waals surface area contributed by atoms with Gasteiger partial charge in [0, 0.05) is 12.1 Å². The highest BCUT2D eigenvalue weighted by Crippen LogP contribution is 2.43. The van der Waals surface area contributed by atoms with Gasteiger partial charge >= 0.3 is 0 Å². The average molecular weight is 377 g/mol. The number of carbonyl (C=O) groups excluding carboxylic acids is 1. The van der Waals surface area contributed by atoms with Crippen LogP contribution in [-0.2, 0) is 11.3 Å². The number of carbonyl (C=O) groups is 1. The lowest BCUT2D eigenvalue weighted by Crippen LogP contribution is -2.29.